The molecule has 1 unspecified atom stereocenters. The molecule has 1 atom stereocenters. The fourth-order valence-corrected chi connectivity index (χ4v) is 5.08. The Bertz CT molecular complexity index is 706. The fourth-order valence-electron chi connectivity index (χ4n) is 2.26. The van der Waals surface area contributed by atoms with E-state index in [9.17, 15) is 0 Å². The van der Waals surface area contributed by atoms with Crippen molar-refractivity contribution < 1.29 is 4.74 Å². The third kappa shape index (κ3) is 2.51. The molecule has 0 amide bonds. The van der Waals surface area contributed by atoms with Crippen molar-refractivity contribution in [2.24, 2.45) is 0 Å². The molecule has 2 heterocycles. The predicted molar refractivity (Wildman–Crippen MR) is 91.3 cm³/mol. The van der Waals surface area contributed by atoms with Gasteiger partial charge in [-0.25, -0.2) is 0 Å². The summed E-state index contributed by atoms with van der Waals surface area (Å²) in [5.41, 5.74) is 1.23. The Balaban J connectivity index is 2.00. The summed E-state index contributed by atoms with van der Waals surface area (Å²) in [7, 11) is 3.68. The molecule has 2 nitrogen and oxygen atoms in total. The van der Waals surface area contributed by atoms with E-state index in [4.69, 9.17) is 4.74 Å². The van der Waals surface area contributed by atoms with Crippen LogP contribution in [0.5, 0.6) is 5.75 Å². The predicted octanol–water partition coefficient (Wildman–Crippen LogP) is 5.04. The zero-order valence-electron chi connectivity index (χ0n) is 11.1. The Morgan fingerprint density at radius 1 is 1.20 bits per heavy atom. The van der Waals surface area contributed by atoms with Gasteiger partial charge in [0.25, 0.3) is 0 Å². The number of methoxy groups -OCH3 is 1. The highest BCUT2D eigenvalue weighted by atomic mass is 79.9. The normalized spacial score (nSPS) is 12.8. The second-order valence-corrected chi connectivity index (χ2v) is 7.33. The summed E-state index contributed by atoms with van der Waals surface area (Å²) in [5, 5.41) is 5.55. The summed E-state index contributed by atoms with van der Waals surface area (Å²) in [6.45, 7) is 0. The molecule has 5 heteroatoms. The van der Waals surface area contributed by atoms with Crippen LogP contribution in [0.1, 0.15) is 16.5 Å². The highest BCUT2D eigenvalue weighted by Gasteiger charge is 2.16. The van der Waals surface area contributed by atoms with Gasteiger partial charge in [-0.15, -0.1) is 22.7 Å². The van der Waals surface area contributed by atoms with Gasteiger partial charge in [0.2, 0.25) is 0 Å². The summed E-state index contributed by atoms with van der Waals surface area (Å²) in [4.78, 5) is 1.34. The van der Waals surface area contributed by atoms with Gasteiger partial charge in [0.15, 0.2) is 0 Å². The minimum Gasteiger partial charge on any atom is -0.496 e. The lowest BCUT2D eigenvalue weighted by Gasteiger charge is -2.16. The summed E-state index contributed by atoms with van der Waals surface area (Å²) in [5.74, 6) is 0.857. The highest BCUT2D eigenvalue weighted by Crippen LogP contribution is 2.37. The van der Waals surface area contributed by atoms with E-state index in [2.05, 4.69) is 50.9 Å². The van der Waals surface area contributed by atoms with Gasteiger partial charge in [-0.05, 0) is 58.2 Å². The minimum atomic E-state index is 0.210. The molecule has 3 aromatic rings. The summed E-state index contributed by atoms with van der Waals surface area (Å²) in [6, 6.07) is 10.9. The molecule has 0 bridgehead atoms. The lowest BCUT2D eigenvalue weighted by molar-refractivity contribution is 0.412. The molecule has 104 valence electrons. The molecule has 0 aliphatic rings. The molecule has 3 rings (SSSR count). The van der Waals surface area contributed by atoms with Gasteiger partial charge < -0.3 is 10.1 Å². The standard InChI is InChI=1S/C15H14BrNOS2/c1-17-15(9-3-4-11(18-2)10(16)7-9)14-8-13-12(20-14)5-6-19-13/h3-8,15,17H,1-2H3. The lowest BCUT2D eigenvalue weighted by atomic mass is 10.1. The van der Waals surface area contributed by atoms with Crippen LogP contribution in [0.4, 0.5) is 0 Å². The quantitative estimate of drug-likeness (QED) is 0.696. The molecule has 2 aromatic heterocycles. The topological polar surface area (TPSA) is 21.3 Å². The molecular formula is C15H14BrNOS2. The van der Waals surface area contributed by atoms with Gasteiger partial charge in [0, 0.05) is 14.3 Å². The molecule has 0 aliphatic heterocycles. The number of benzene rings is 1. The first-order chi connectivity index (χ1) is 9.72. The molecule has 0 radical (unpaired) electrons. The van der Waals surface area contributed by atoms with Gasteiger partial charge in [-0.1, -0.05) is 6.07 Å². The van der Waals surface area contributed by atoms with E-state index in [1.807, 2.05) is 24.5 Å². The first-order valence-electron chi connectivity index (χ1n) is 6.20. The zero-order chi connectivity index (χ0) is 14.1. The van der Waals surface area contributed by atoms with E-state index < -0.39 is 0 Å². The molecule has 0 aliphatic carbocycles. The molecule has 1 aromatic carbocycles. The SMILES string of the molecule is CNC(c1ccc(OC)c(Br)c1)c1cc2sccc2s1. The van der Waals surface area contributed by atoms with Gasteiger partial charge in [0.05, 0.1) is 17.6 Å². The van der Waals surface area contributed by atoms with Crippen molar-refractivity contribution in [3.05, 3.63) is 50.6 Å². The molecule has 20 heavy (non-hydrogen) atoms. The molecule has 0 fully saturated rings. The number of hydrogen-bond donors (Lipinski definition) is 1. The van der Waals surface area contributed by atoms with Crippen molar-refractivity contribution in [3.63, 3.8) is 0 Å². The fraction of sp³-hybridized carbons (Fsp3) is 0.200. The van der Waals surface area contributed by atoms with E-state index in [0.29, 0.717) is 0 Å². The number of ether oxygens (including phenoxy) is 1. The van der Waals surface area contributed by atoms with E-state index in [0.717, 1.165) is 10.2 Å². The Labute approximate surface area is 134 Å². The molecule has 0 spiro atoms. The van der Waals surface area contributed by atoms with E-state index >= 15 is 0 Å². The van der Waals surface area contributed by atoms with Gasteiger partial charge in [-0.3, -0.25) is 0 Å². The minimum absolute atomic E-state index is 0.210. The van der Waals surface area contributed by atoms with E-state index in [-0.39, 0.29) is 6.04 Å². The average Bonchev–Trinajstić information content (AvgIpc) is 3.01. The van der Waals surface area contributed by atoms with Crippen LogP contribution in [0.25, 0.3) is 9.40 Å². The van der Waals surface area contributed by atoms with Crippen LogP contribution < -0.4 is 10.1 Å². The van der Waals surface area contributed by atoms with Crippen LogP contribution >= 0.6 is 38.6 Å². The maximum atomic E-state index is 5.29. The average molecular weight is 368 g/mol. The van der Waals surface area contributed by atoms with Crippen molar-refractivity contribution in [1.29, 1.82) is 0 Å². The third-order valence-corrected chi connectivity index (χ3v) is 6.02. The van der Waals surface area contributed by atoms with Gasteiger partial charge >= 0.3 is 0 Å². The zero-order valence-corrected chi connectivity index (χ0v) is 14.4. The maximum absolute atomic E-state index is 5.29. The van der Waals surface area contributed by atoms with Crippen LogP contribution in [0.15, 0.2) is 40.2 Å². The van der Waals surface area contributed by atoms with Crippen LogP contribution in [-0.4, -0.2) is 14.2 Å². The second kappa shape index (κ2) is 5.85. The molecule has 1 N–H and O–H groups in total. The first-order valence-corrected chi connectivity index (χ1v) is 8.69. The van der Waals surface area contributed by atoms with Gasteiger partial charge in [-0.2, -0.15) is 0 Å². The first kappa shape index (κ1) is 14.1. The van der Waals surface area contributed by atoms with Crippen molar-refractivity contribution in [3.8, 4) is 5.75 Å². The van der Waals surface area contributed by atoms with Crippen molar-refractivity contribution in [2.45, 2.75) is 6.04 Å². The molecular weight excluding hydrogens is 354 g/mol. The number of fused-ring (bicyclic) bond motifs is 1. The Morgan fingerprint density at radius 3 is 2.70 bits per heavy atom. The van der Waals surface area contributed by atoms with Crippen LogP contribution in [-0.2, 0) is 0 Å². The molecule has 0 saturated carbocycles. The number of thiophene rings is 2. The third-order valence-electron chi connectivity index (χ3n) is 3.24. The number of rotatable bonds is 4. The maximum Gasteiger partial charge on any atom is 0.133 e. The van der Waals surface area contributed by atoms with Crippen molar-refractivity contribution in [2.75, 3.05) is 14.2 Å². The van der Waals surface area contributed by atoms with Crippen LogP contribution in [0, 0.1) is 0 Å². The smallest absolute Gasteiger partial charge is 0.133 e. The number of hydrogen-bond acceptors (Lipinski definition) is 4. The Morgan fingerprint density at radius 2 is 2.05 bits per heavy atom. The lowest BCUT2D eigenvalue weighted by Crippen LogP contribution is -2.16. The van der Waals surface area contributed by atoms with Gasteiger partial charge in [0.1, 0.15) is 5.75 Å². The van der Waals surface area contributed by atoms with E-state index in [1.54, 1.807) is 18.4 Å². The highest BCUT2D eigenvalue weighted by molar-refractivity contribution is 9.10. The largest absolute Gasteiger partial charge is 0.496 e. The van der Waals surface area contributed by atoms with Crippen molar-refractivity contribution in [1.82, 2.24) is 5.32 Å². The summed E-state index contributed by atoms with van der Waals surface area (Å²) < 4.78 is 8.99. The van der Waals surface area contributed by atoms with E-state index in [1.165, 1.54) is 19.8 Å². The summed E-state index contributed by atoms with van der Waals surface area (Å²) >= 11 is 7.20. The monoisotopic (exact) mass is 367 g/mol. The Kier molecular flexibility index (Phi) is 4.12. The Hall–Kier alpha value is -0.880. The molecule has 0 saturated heterocycles. The number of nitrogens with one attached hydrogen (secondary N) is 1. The number of halogens is 1. The van der Waals surface area contributed by atoms with Crippen LogP contribution in [0.2, 0.25) is 0 Å². The van der Waals surface area contributed by atoms with Crippen LogP contribution in [0.3, 0.4) is 0 Å². The summed E-state index contributed by atoms with van der Waals surface area (Å²) in [6.07, 6.45) is 0. The van der Waals surface area contributed by atoms with Crippen molar-refractivity contribution >= 4 is 48.0 Å². The second-order valence-electron chi connectivity index (χ2n) is 4.41.